The lowest BCUT2D eigenvalue weighted by Gasteiger charge is -1.98. The van der Waals surface area contributed by atoms with Crippen LogP contribution < -0.4 is 5.32 Å². The largest absolute Gasteiger partial charge is 0.406 e. The molecule has 0 atom stereocenters. The molecule has 2 heterocycles. The zero-order chi connectivity index (χ0) is 13.8. The average Bonchev–Trinajstić information content (AvgIpc) is 3.15. The molecule has 2 aromatic heterocycles. The standard InChI is InChI=1S/C12H12N6O2/c19-8-11-15-16-12(20-11)13-6-9-7-18(17-14-9)10-4-2-1-3-5-10/h1-5,7,19H,6,8H2,(H,13,16). The van der Waals surface area contributed by atoms with Crippen LogP contribution in [0.1, 0.15) is 11.6 Å². The van der Waals surface area contributed by atoms with Crippen molar-refractivity contribution >= 4 is 6.01 Å². The van der Waals surface area contributed by atoms with E-state index in [-0.39, 0.29) is 18.5 Å². The predicted octanol–water partition coefficient (Wildman–Crippen LogP) is 0.755. The first-order chi connectivity index (χ1) is 9.85. The molecule has 0 bridgehead atoms. The lowest BCUT2D eigenvalue weighted by atomic mass is 10.3. The number of hydrogen-bond acceptors (Lipinski definition) is 7. The molecule has 0 aliphatic carbocycles. The number of nitrogens with one attached hydrogen (secondary N) is 1. The predicted molar refractivity (Wildman–Crippen MR) is 68.9 cm³/mol. The van der Waals surface area contributed by atoms with Crippen LogP contribution in [0.15, 0.2) is 40.9 Å². The van der Waals surface area contributed by atoms with Gasteiger partial charge in [-0.1, -0.05) is 28.5 Å². The monoisotopic (exact) mass is 272 g/mol. The molecule has 0 aliphatic heterocycles. The van der Waals surface area contributed by atoms with Crippen molar-refractivity contribution in [3.63, 3.8) is 0 Å². The zero-order valence-electron chi connectivity index (χ0n) is 10.5. The Morgan fingerprint density at radius 1 is 1.15 bits per heavy atom. The topological polar surface area (TPSA) is 102 Å². The summed E-state index contributed by atoms with van der Waals surface area (Å²) in [5.41, 5.74) is 1.67. The average molecular weight is 272 g/mol. The lowest BCUT2D eigenvalue weighted by Crippen LogP contribution is -1.99. The van der Waals surface area contributed by atoms with E-state index in [1.165, 1.54) is 0 Å². The molecule has 0 saturated heterocycles. The molecule has 0 saturated carbocycles. The molecule has 0 radical (unpaired) electrons. The molecule has 0 amide bonds. The lowest BCUT2D eigenvalue weighted by molar-refractivity contribution is 0.241. The van der Waals surface area contributed by atoms with Crippen LogP contribution in [0.3, 0.4) is 0 Å². The van der Waals surface area contributed by atoms with Crippen LogP contribution in [-0.2, 0) is 13.2 Å². The zero-order valence-corrected chi connectivity index (χ0v) is 10.5. The van der Waals surface area contributed by atoms with Crippen molar-refractivity contribution in [3.8, 4) is 5.69 Å². The van der Waals surface area contributed by atoms with E-state index >= 15 is 0 Å². The first kappa shape index (κ1) is 12.3. The third kappa shape index (κ3) is 2.64. The molecule has 8 heteroatoms. The van der Waals surface area contributed by atoms with Crippen LogP contribution in [0.5, 0.6) is 0 Å². The van der Waals surface area contributed by atoms with Gasteiger partial charge in [-0.15, -0.1) is 10.2 Å². The van der Waals surface area contributed by atoms with Gasteiger partial charge in [0.05, 0.1) is 18.4 Å². The van der Waals surface area contributed by atoms with E-state index in [9.17, 15) is 0 Å². The van der Waals surface area contributed by atoms with Crippen LogP contribution in [0.2, 0.25) is 0 Å². The fourth-order valence-corrected chi connectivity index (χ4v) is 1.64. The summed E-state index contributed by atoms with van der Waals surface area (Å²) in [4.78, 5) is 0. The van der Waals surface area contributed by atoms with Crippen molar-refractivity contribution in [2.45, 2.75) is 13.2 Å². The second-order valence-corrected chi connectivity index (χ2v) is 4.00. The van der Waals surface area contributed by atoms with E-state index in [0.29, 0.717) is 6.54 Å². The molecule has 2 N–H and O–H groups in total. The molecule has 0 aliphatic rings. The quantitative estimate of drug-likeness (QED) is 0.706. The fourth-order valence-electron chi connectivity index (χ4n) is 1.64. The SMILES string of the molecule is OCc1nnc(NCc2cn(-c3ccccc3)nn2)o1. The highest BCUT2D eigenvalue weighted by atomic mass is 16.4. The maximum atomic E-state index is 8.82. The third-order valence-electron chi connectivity index (χ3n) is 2.58. The highest BCUT2D eigenvalue weighted by Gasteiger charge is 2.06. The van der Waals surface area contributed by atoms with Crippen molar-refractivity contribution < 1.29 is 9.52 Å². The van der Waals surface area contributed by atoms with E-state index in [4.69, 9.17) is 9.52 Å². The molecule has 0 spiro atoms. The van der Waals surface area contributed by atoms with E-state index in [0.717, 1.165) is 11.4 Å². The third-order valence-corrected chi connectivity index (χ3v) is 2.58. The summed E-state index contributed by atoms with van der Waals surface area (Å²) in [6.07, 6.45) is 1.81. The molecule has 8 nitrogen and oxygen atoms in total. The van der Waals surface area contributed by atoms with Crippen LogP contribution in [0, 0.1) is 0 Å². The minimum absolute atomic E-state index is 0.167. The Balaban J connectivity index is 1.65. The minimum Gasteiger partial charge on any atom is -0.406 e. The molecule has 3 rings (SSSR count). The van der Waals surface area contributed by atoms with Crippen molar-refractivity contribution in [1.29, 1.82) is 0 Å². The van der Waals surface area contributed by atoms with Crippen molar-refractivity contribution in [2.24, 2.45) is 0 Å². The van der Waals surface area contributed by atoms with Gasteiger partial charge in [0.1, 0.15) is 12.3 Å². The van der Waals surface area contributed by atoms with Crippen molar-refractivity contribution in [1.82, 2.24) is 25.2 Å². The van der Waals surface area contributed by atoms with Crippen LogP contribution in [0.4, 0.5) is 6.01 Å². The number of rotatable bonds is 5. The Hall–Kier alpha value is -2.74. The van der Waals surface area contributed by atoms with Gasteiger partial charge in [-0.05, 0) is 12.1 Å². The van der Waals surface area contributed by atoms with E-state index in [1.807, 2.05) is 36.5 Å². The van der Waals surface area contributed by atoms with Gasteiger partial charge in [0, 0.05) is 0 Å². The fraction of sp³-hybridized carbons (Fsp3) is 0.167. The van der Waals surface area contributed by atoms with Gasteiger partial charge < -0.3 is 14.8 Å². The van der Waals surface area contributed by atoms with Crippen LogP contribution in [-0.4, -0.2) is 30.3 Å². The second-order valence-electron chi connectivity index (χ2n) is 4.00. The van der Waals surface area contributed by atoms with Gasteiger partial charge in [-0.25, -0.2) is 4.68 Å². The molecule has 0 unspecified atom stereocenters. The maximum absolute atomic E-state index is 8.82. The molecule has 0 fully saturated rings. The summed E-state index contributed by atoms with van der Waals surface area (Å²) < 4.78 is 6.79. The number of aliphatic hydroxyl groups excluding tert-OH is 1. The van der Waals surface area contributed by atoms with Gasteiger partial charge >= 0.3 is 6.01 Å². The molecule has 20 heavy (non-hydrogen) atoms. The summed E-state index contributed by atoms with van der Waals surface area (Å²) in [5, 5.41) is 27.2. The van der Waals surface area contributed by atoms with Crippen molar-refractivity contribution in [2.75, 3.05) is 5.32 Å². The number of benzene rings is 1. The van der Waals surface area contributed by atoms with Crippen molar-refractivity contribution in [3.05, 3.63) is 48.1 Å². The van der Waals surface area contributed by atoms with E-state index in [1.54, 1.807) is 4.68 Å². The highest BCUT2D eigenvalue weighted by molar-refractivity contribution is 5.30. The first-order valence-corrected chi connectivity index (χ1v) is 5.99. The number of hydrogen-bond donors (Lipinski definition) is 2. The van der Waals surface area contributed by atoms with E-state index < -0.39 is 0 Å². The van der Waals surface area contributed by atoms with Crippen LogP contribution >= 0.6 is 0 Å². The molecule has 3 aromatic rings. The summed E-state index contributed by atoms with van der Waals surface area (Å²) in [6, 6.07) is 9.93. The Kier molecular flexibility index (Phi) is 3.38. The molecule has 102 valence electrons. The molecular formula is C12H12N6O2. The Bertz CT molecular complexity index is 678. The summed E-state index contributed by atoms with van der Waals surface area (Å²) in [6.45, 7) is 0.124. The minimum atomic E-state index is -0.279. The molecular weight excluding hydrogens is 260 g/mol. The second kappa shape index (κ2) is 5.49. The normalized spacial score (nSPS) is 10.7. The number of para-hydroxylation sites is 1. The van der Waals surface area contributed by atoms with Gasteiger partial charge in [-0.2, -0.15) is 0 Å². The van der Waals surface area contributed by atoms with Crippen LogP contribution in [0.25, 0.3) is 5.69 Å². The first-order valence-electron chi connectivity index (χ1n) is 5.99. The Morgan fingerprint density at radius 3 is 2.75 bits per heavy atom. The van der Waals surface area contributed by atoms with Gasteiger partial charge in [-0.3, -0.25) is 0 Å². The summed E-state index contributed by atoms with van der Waals surface area (Å²) in [5.74, 6) is 0.167. The maximum Gasteiger partial charge on any atom is 0.315 e. The van der Waals surface area contributed by atoms with Gasteiger partial charge in [0.2, 0.25) is 5.89 Å². The molecule has 1 aromatic carbocycles. The smallest absolute Gasteiger partial charge is 0.315 e. The highest BCUT2D eigenvalue weighted by Crippen LogP contribution is 2.08. The number of aromatic nitrogens is 5. The number of nitrogens with zero attached hydrogens (tertiary/aromatic N) is 5. The Labute approximate surface area is 114 Å². The van der Waals surface area contributed by atoms with Gasteiger partial charge in [0.15, 0.2) is 0 Å². The Morgan fingerprint density at radius 2 is 2.00 bits per heavy atom. The number of anilines is 1. The summed E-state index contributed by atoms with van der Waals surface area (Å²) >= 11 is 0. The van der Waals surface area contributed by atoms with E-state index in [2.05, 4.69) is 25.8 Å². The number of aliphatic hydroxyl groups is 1. The summed E-state index contributed by atoms with van der Waals surface area (Å²) in [7, 11) is 0. The van der Waals surface area contributed by atoms with Gasteiger partial charge in [0.25, 0.3) is 0 Å².